The van der Waals surface area contributed by atoms with Crippen LogP contribution in [0.2, 0.25) is 0 Å². The van der Waals surface area contributed by atoms with Gasteiger partial charge in [-0.25, -0.2) is 10.6 Å². The van der Waals surface area contributed by atoms with Crippen molar-refractivity contribution in [2.45, 2.75) is 0 Å². The van der Waals surface area contributed by atoms with Crippen molar-refractivity contribution in [3.8, 4) is 17.6 Å². The number of carboxylic acids is 1. The van der Waals surface area contributed by atoms with Crippen LogP contribution in [0.1, 0.15) is 5.56 Å². The van der Waals surface area contributed by atoms with Gasteiger partial charge >= 0.3 is 5.97 Å². The third kappa shape index (κ3) is 5.74. The lowest BCUT2D eigenvalue weighted by Gasteiger charge is -2.10. The van der Waals surface area contributed by atoms with E-state index in [1.165, 1.54) is 6.20 Å². The van der Waals surface area contributed by atoms with E-state index in [2.05, 4.69) is 17.3 Å². The number of nitrogens with two attached hydrogens (primary N) is 4. The topological polar surface area (TPSA) is 163 Å². The van der Waals surface area contributed by atoms with Crippen molar-refractivity contribution in [3.63, 3.8) is 0 Å². The number of ether oxygens (including phenoxy) is 1. The van der Waals surface area contributed by atoms with E-state index in [9.17, 15) is 4.79 Å². The number of rotatable bonds is 5. The summed E-state index contributed by atoms with van der Waals surface area (Å²) in [6.45, 7) is 0. The molecule has 8 nitrogen and oxygen atoms in total. The predicted octanol–water partition coefficient (Wildman–Crippen LogP) is -0.592. The fraction of sp³-hybridized carbons (Fsp3) is 0. The van der Waals surface area contributed by atoms with Crippen LogP contribution in [0.15, 0.2) is 59.9 Å². The first kappa shape index (κ1) is 17.5. The summed E-state index contributed by atoms with van der Waals surface area (Å²) < 4.78 is 5.30. The molecule has 0 bridgehead atoms. The molecule has 0 atom stereocenters. The van der Waals surface area contributed by atoms with Gasteiger partial charge in [0.05, 0.1) is 5.70 Å². The van der Waals surface area contributed by atoms with E-state index < -0.39 is 11.7 Å². The fourth-order valence-corrected chi connectivity index (χ4v) is 1.36. The Labute approximate surface area is 133 Å². The first-order chi connectivity index (χ1) is 11.0. The Morgan fingerprint density at radius 1 is 1.35 bits per heavy atom. The van der Waals surface area contributed by atoms with Crippen LogP contribution >= 0.6 is 0 Å². The predicted molar refractivity (Wildman–Crippen MR) is 85.7 cm³/mol. The minimum Gasteiger partial charge on any atom is -0.476 e. The molecule has 120 valence electrons. The second-order valence-corrected chi connectivity index (χ2v) is 4.08. The lowest BCUT2D eigenvalue weighted by molar-refractivity contribution is -0.132. The van der Waals surface area contributed by atoms with E-state index in [0.717, 1.165) is 0 Å². The van der Waals surface area contributed by atoms with E-state index in [0.29, 0.717) is 17.0 Å². The summed E-state index contributed by atoms with van der Waals surface area (Å²) in [5.74, 6) is 9.41. The molecular weight excluding hydrogens is 298 g/mol. The highest BCUT2D eigenvalue weighted by atomic mass is 16.5. The van der Waals surface area contributed by atoms with Crippen molar-refractivity contribution in [1.82, 2.24) is 5.43 Å². The fourth-order valence-electron chi connectivity index (χ4n) is 1.36. The molecule has 1 aromatic rings. The summed E-state index contributed by atoms with van der Waals surface area (Å²) in [5.41, 5.74) is 18.7. The molecule has 1 aromatic carbocycles. The Morgan fingerprint density at radius 3 is 2.70 bits per heavy atom. The Hall–Kier alpha value is -3.57. The van der Waals surface area contributed by atoms with E-state index >= 15 is 0 Å². The number of hydrazine groups is 1. The van der Waals surface area contributed by atoms with Gasteiger partial charge in [-0.05, 0) is 42.5 Å². The van der Waals surface area contributed by atoms with Crippen LogP contribution in [0.25, 0.3) is 0 Å². The van der Waals surface area contributed by atoms with Crippen LogP contribution < -0.4 is 33.2 Å². The highest BCUT2D eigenvalue weighted by Gasteiger charge is 2.12. The monoisotopic (exact) mass is 315 g/mol. The molecule has 23 heavy (non-hydrogen) atoms. The summed E-state index contributed by atoms with van der Waals surface area (Å²) in [6.07, 6.45) is 4.45. The summed E-state index contributed by atoms with van der Waals surface area (Å²) in [6, 6.07) is 6.56. The molecule has 8 heteroatoms. The van der Waals surface area contributed by atoms with Gasteiger partial charge in [0.25, 0.3) is 0 Å². The first-order valence-corrected chi connectivity index (χ1v) is 6.31. The van der Waals surface area contributed by atoms with Crippen LogP contribution in [-0.2, 0) is 4.79 Å². The molecule has 0 unspecified atom stereocenters. The van der Waals surface area contributed by atoms with Gasteiger partial charge in [0.15, 0.2) is 5.70 Å². The van der Waals surface area contributed by atoms with Gasteiger partial charge in [0.2, 0.25) is 5.88 Å². The number of hydrogen-bond donors (Lipinski definition) is 6. The largest absolute Gasteiger partial charge is 0.476 e. The van der Waals surface area contributed by atoms with Gasteiger partial charge in [-0.3, -0.25) is 5.43 Å². The molecule has 10 N–H and O–H groups in total. The minimum atomic E-state index is -1.36. The second kappa shape index (κ2) is 8.66. The number of allylic oxidation sites excluding steroid dienone is 3. The number of nitrogens with one attached hydrogen (secondary N) is 1. The van der Waals surface area contributed by atoms with Gasteiger partial charge in [-0.1, -0.05) is 12.0 Å². The SMILES string of the molecule is N/C=C\C=C(/N)C#Cc1cccc(O/C(NN)=C(/N)C(=O)O)c1. The molecule has 1 rings (SSSR count). The van der Waals surface area contributed by atoms with Gasteiger partial charge in [-0.15, -0.1) is 0 Å². The Balaban J connectivity index is 3.00. The van der Waals surface area contributed by atoms with Crippen molar-refractivity contribution >= 4 is 5.97 Å². The van der Waals surface area contributed by atoms with E-state index in [1.807, 2.05) is 0 Å². The zero-order valence-corrected chi connectivity index (χ0v) is 12.1. The molecule has 0 saturated carbocycles. The third-order valence-electron chi connectivity index (χ3n) is 2.40. The van der Waals surface area contributed by atoms with Crippen LogP contribution in [-0.4, -0.2) is 11.1 Å². The molecule has 0 radical (unpaired) electrons. The average Bonchev–Trinajstić information content (AvgIpc) is 2.55. The molecule has 0 heterocycles. The zero-order valence-electron chi connectivity index (χ0n) is 12.1. The van der Waals surface area contributed by atoms with Crippen LogP contribution in [0, 0.1) is 11.8 Å². The lowest BCUT2D eigenvalue weighted by atomic mass is 10.2. The molecule has 0 fully saturated rings. The van der Waals surface area contributed by atoms with E-state index in [-0.39, 0.29) is 5.88 Å². The van der Waals surface area contributed by atoms with Crippen molar-refractivity contribution in [2.75, 3.05) is 0 Å². The standard InChI is InChI=1S/C15H17N5O3/c16-8-2-4-11(17)7-6-10-3-1-5-12(9-10)23-14(20-19)13(18)15(21)22/h1-5,8-9,20H,16-19H2,(H,21,22)/b8-2-,11-4-,14-13+. The summed E-state index contributed by atoms with van der Waals surface area (Å²) in [5, 5.41) is 8.82. The molecule has 0 saturated heterocycles. The quantitative estimate of drug-likeness (QED) is 0.105. The molecule has 0 aliphatic heterocycles. The number of carbonyl (C=O) groups is 1. The number of hydrogen-bond acceptors (Lipinski definition) is 7. The maximum Gasteiger partial charge on any atom is 0.357 e. The number of aliphatic carboxylic acids is 1. The van der Waals surface area contributed by atoms with Gasteiger partial charge < -0.3 is 27.0 Å². The molecule has 0 aliphatic rings. The van der Waals surface area contributed by atoms with Crippen molar-refractivity contribution in [1.29, 1.82) is 0 Å². The summed E-state index contributed by atoms with van der Waals surface area (Å²) in [7, 11) is 0. The highest BCUT2D eigenvalue weighted by molar-refractivity contribution is 5.85. The maximum absolute atomic E-state index is 10.8. The molecule has 0 amide bonds. The minimum absolute atomic E-state index is 0.282. The Bertz CT molecular complexity index is 726. The van der Waals surface area contributed by atoms with E-state index in [4.69, 9.17) is 32.9 Å². The van der Waals surface area contributed by atoms with E-state index in [1.54, 1.807) is 36.4 Å². The van der Waals surface area contributed by atoms with Crippen LogP contribution in [0.3, 0.4) is 0 Å². The first-order valence-electron chi connectivity index (χ1n) is 6.31. The Kier molecular flexibility index (Phi) is 6.58. The second-order valence-electron chi connectivity index (χ2n) is 4.08. The molecular formula is C15H17N5O3. The van der Waals surface area contributed by atoms with Crippen LogP contribution in [0.4, 0.5) is 0 Å². The number of benzene rings is 1. The van der Waals surface area contributed by atoms with Crippen molar-refractivity contribution < 1.29 is 14.6 Å². The third-order valence-corrected chi connectivity index (χ3v) is 2.40. The molecule has 0 spiro atoms. The van der Waals surface area contributed by atoms with Gasteiger partial charge in [0.1, 0.15) is 5.75 Å². The lowest BCUT2D eigenvalue weighted by Crippen LogP contribution is -2.31. The zero-order chi connectivity index (χ0) is 17.2. The maximum atomic E-state index is 10.8. The average molecular weight is 315 g/mol. The Morgan fingerprint density at radius 2 is 2.09 bits per heavy atom. The van der Waals surface area contributed by atoms with Crippen molar-refractivity contribution in [2.24, 2.45) is 23.0 Å². The number of carboxylic acid groups (broad SMARTS) is 1. The van der Waals surface area contributed by atoms with Crippen molar-refractivity contribution in [3.05, 3.63) is 65.5 Å². The van der Waals surface area contributed by atoms with Gasteiger partial charge in [-0.2, -0.15) is 0 Å². The normalized spacial score (nSPS) is 12.1. The summed E-state index contributed by atoms with van der Waals surface area (Å²) in [4.78, 5) is 10.8. The smallest absolute Gasteiger partial charge is 0.357 e. The highest BCUT2D eigenvalue weighted by Crippen LogP contribution is 2.15. The molecule has 0 aliphatic carbocycles. The molecule has 0 aromatic heterocycles. The van der Waals surface area contributed by atoms with Gasteiger partial charge in [0, 0.05) is 5.56 Å². The summed E-state index contributed by atoms with van der Waals surface area (Å²) >= 11 is 0. The van der Waals surface area contributed by atoms with Crippen LogP contribution in [0.5, 0.6) is 5.75 Å².